The van der Waals surface area contributed by atoms with Crippen LogP contribution in [0.4, 0.5) is 4.79 Å². The smallest absolute Gasteiger partial charge is 0.412 e. The van der Waals surface area contributed by atoms with Gasteiger partial charge in [0.2, 0.25) is 0 Å². The fraction of sp³-hybridized carbons (Fsp3) is 0.769. The van der Waals surface area contributed by atoms with Crippen molar-refractivity contribution < 1.29 is 28.7 Å². The first kappa shape index (κ1) is 32.7. The van der Waals surface area contributed by atoms with E-state index >= 15 is 0 Å². The van der Waals surface area contributed by atoms with Crippen LogP contribution in [0.3, 0.4) is 0 Å². The number of hydrogen-bond donors (Lipinski definition) is 3. The highest BCUT2D eigenvalue weighted by Gasteiger charge is 2.28. The van der Waals surface area contributed by atoms with Crippen LogP contribution >= 0.6 is 0 Å². The standard InChI is InChI=1S/C26H47N3O6/c1-7-9-11-13-18(27)15-20(30)17-21(22(31)16-19(28)14-12-10-8-2)23(24(32)34-6)29-25(33)35-26(3,4)5/h18-19H,7-17,27-28H2,1-6H3,(H,29,33)/t18?,19-/m0/s1. The van der Waals surface area contributed by atoms with Gasteiger partial charge in [0.05, 0.1) is 7.11 Å². The van der Waals surface area contributed by atoms with Crippen LogP contribution in [-0.4, -0.2) is 48.4 Å². The number of ketones is 2. The zero-order valence-electron chi connectivity index (χ0n) is 22.5. The molecule has 0 aromatic rings. The van der Waals surface area contributed by atoms with Crippen molar-refractivity contribution in [2.75, 3.05) is 7.11 Å². The predicted octanol–water partition coefficient (Wildman–Crippen LogP) is 4.06. The summed E-state index contributed by atoms with van der Waals surface area (Å²) in [6.07, 6.45) is 5.88. The number of amides is 1. The fourth-order valence-electron chi connectivity index (χ4n) is 3.52. The summed E-state index contributed by atoms with van der Waals surface area (Å²) in [6.45, 7) is 9.15. The molecule has 0 saturated heterocycles. The van der Waals surface area contributed by atoms with Crippen molar-refractivity contribution >= 4 is 23.6 Å². The Morgan fingerprint density at radius 1 is 0.857 bits per heavy atom. The highest BCUT2D eigenvalue weighted by Crippen LogP contribution is 2.19. The summed E-state index contributed by atoms with van der Waals surface area (Å²) in [5.74, 6) is -1.73. The van der Waals surface area contributed by atoms with Crippen LogP contribution in [0.2, 0.25) is 0 Å². The largest absolute Gasteiger partial charge is 0.464 e. The van der Waals surface area contributed by atoms with Crippen LogP contribution in [0.25, 0.3) is 0 Å². The molecule has 0 fully saturated rings. The lowest BCUT2D eigenvalue weighted by Crippen LogP contribution is -2.37. The summed E-state index contributed by atoms with van der Waals surface area (Å²) in [5, 5.41) is 2.33. The van der Waals surface area contributed by atoms with Crippen molar-refractivity contribution in [3.8, 4) is 0 Å². The van der Waals surface area contributed by atoms with Gasteiger partial charge in [0.15, 0.2) is 5.78 Å². The van der Waals surface area contributed by atoms with E-state index in [0.717, 1.165) is 45.6 Å². The van der Waals surface area contributed by atoms with Crippen molar-refractivity contribution in [3.05, 3.63) is 11.3 Å². The van der Waals surface area contributed by atoms with Crippen molar-refractivity contribution in [2.45, 2.75) is 123 Å². The van der Waals surface area contributed by atoms with Crippen molar-refractivity contribution in [1.82, 2.24) is 5.32 Å². The highest BCUT2D eigenvalue weighted by molar-refractivity contribution is 6.08. The Morgan fingerprint density at radius 2 is 1.37 bits per heavy atom. The van der Waals surface area contributed by atoms with Crippen molar-refractivity contribution in [3.63, 3.8) is 0 Å². The van der Waals surface area contributed by atoms with Crippen LogP contribution in [0.5, 0.6) is 0 Å². The number of rotatable bonds is 17. The van der Waals surface area contributed by atoms with E-state index in [1.165, 1.54) is 0 Å². The molecule has 0 heterocycles. The van der Waals surface area contributed by atoms with Gasteiger partial charge >= 0.3 is 12.1 Å². The SMILES string of the molecule is CCCCCC(N)CC(=O)CC(C(=O)C[C@@H](N)CCCCC)=C(NC(=O)OC(C)(C)C)C(=O)OC. The maximum absolute atomic E-state index is 13.2. The Bertz CT molecular complexity index is 727. The lowest BCUT2D eigenvalue weighted by atomic mass is 9.93. The second-order valence-electron chi connectivity index (χ2n) is 10.0. The third-order valence-electron chi connectivity index (χ3n) is 5.32. The minimum absolute atomic E-state index is 0.0595. The Balaban J connectivity index is 5.88. The summed E-state index contributed by atoms with van der Waals surface area (Å²) >= 11 is 0. The van der Waals surface area contributed by atoms with Crippen molar-refractivity contribution in [2.24, 2.45) is 11.5 Å². The fourth-order valence-corrected chi connectivity index (χ4v) is 3.52. The molecule has 0 rings (SSSR count). The topological polar surface area (TPSA) is 151 Å². The van der Waals surface area contributed by atoms with Gasteiger partial charge in [-0.3, -0.25) is 14.9 Å². The first-order chi connectivity index (χ1) is 16.3. The van der Waals surface area contributed by atoms with Gasteiger partial charge in [-0.2, -0.15) is 0 Å². The van der Waals surface area contributed by atoms with Gasteiger partial charge in [-0.1, -0.05) is 52.4 Å². The molecule has 9 heteroatoms. The van der Waals surface area contributed by atoms with Crippen LogP contribution in [-0.2, 0) is 23.9 Å². The zero-order valence-corrected chi connectivity index (χ0v) is 22.5. The van der Waals surface area contributed by atoms with E-state index in [-0.39, 0.29) is 36.7 Å². The number of methoxy groups -OCH3 is 1. The number of esters is 1. The van der Waals surface area contributed by atoms with Gasteiger partial charge in [-0.05, 0) is 33.6 Å². The number of allylic oxidation sites excluding steroid dienone is 1. The normalized spacial score (nSPS) is 13.9. The van der Waals surface area contributed by atoms with Crippen LogP contribution in [0.1, 0.15) is 105 Å². The van der Waals surface area contributed by atoms with Crippen molar-refractivity contribution in [1.29, 1.82) is 0 Å². The molecule has 0 aliphatic heterocycles. The molecule has 1 amide bonds. The second-order valence-corrected chi connectivity index (χ2v) is 10.0. The number of nitrogens with two attached hydrogens (primary N) is 2. The molecule has 1 unspecified atom stereocenters. The van der Waals surface area contributed by atoms with Gasteiger partial charge in [-0.25, -0.2) is 9.59 Å². The highest BCUT2D eigenvalue weighted by atomic mass is 16.6. The number of alkyl carbamates (subject to hydrolysis) is 1. The molecule has 0 aliphatic rings. The average molecular weight is 498 g/mol. The number of unbranched alkanes of at least 4 members (excludes halogenated alkanes) is 4. The van der Waals surface area contributed by atoms with Gasteiger partial charge in [0.25, 0.3) is 0 Å². The van der Waals surface area contributed by atoms with Crippen LogP contribution in [0.15, 0.2) is 11.3 Å². The number of hydrogen-bond acceptors (Lipinski definition) is 8. The summed E-state index contributed by atoms with van der Waals surface area (Å²) in [6, 6.07) is -0.780. The molecule has 0 aromatic heterocycles. The number of ether oxygens (including phenoxy) is 2. The quantitative estimate of drug-likeness (QED) is 0.155. The van der Waals surface area contributed by atoms with Gasteiger partial charge < -0.3 is 20.9 Å². The molecule has 0 bridgehead atoms. The molecule has 5 N–H and O–H groups in total. The molecule has 9 nitrogen and oxygen atoms in total. The first-order valence-electron chi connectivity index (χ1n) is 12.7. The van der Waals surface area contributed by atoms with E-state index in [1.54, 1.807) is 20.8 Å². The van der Waals surface area contributed by atoms with Crippen LogP contribution in [0, 0.1) is 0 Å². The van der Waals surface area contributed by atoms with Gasteiger partial charge in [0.1, 0.15) is 17.1 Å². The Morgan fingerprint density at radius 3 is 1.83 bits per heavy atom. The second kappa shape index (κ2) is 17.2. The molecule has 0 saturated carbocycles. The molecule has 0 aliphatic carbocycles. The lowest BCUT2D eigenvalue weighted by Gasteiger charge is -2.21. The number of carbonyl (C=O) groups excluding carboxylic acids is 4. The Kier molecular flexibility index (Phi) is 16.1. The summed E-state index contributed by atoms with van der Waals surface area (Å²) in [4.78, 5) is 51.0. The molecule has 0 radical (unpaired) electrons. The summed E-state index contributed by atoms with van der Waals surface area (Å²) in [7, 11) is 1.13. The molecule has 2 atom stereocenters. The maximum Gasteiger partial charge on any atom is 0.412 e. The van der Waals surface area contributed by atoms with Gasteiger partial charge in [0, 0.05) is 36.9 Å². The van der Waals surface area contributed by atoms with E-state index < -0.39 is 35.2 Å². The molecule has 0 aromatic carbocycles. The summed E-state index contributed by atoms with van der Waals surface area (Å²) < 4.78 is 10.0. The van der Waals surface area contributed by atoms with E-state index in [1.807, 2.05) is 0 Å². The number of nitrogens with one attached hydrogen (secondary N) is 1. The molecule has 0 spiro atoms. The average Bonchev–Trinajstić information content (AvgIpc) is 2.74. The molecular formula is C26H47N3O6. The third-order valence-corrected chi connectivity index (χ3v) is 5.32. The number of Topliss-reactive ketones (excluding diaryl/α,β-unsaturated/α-hetero) is 2. The third kappa shape index (κ3) is 15.4. The first-order valence-corrected chi connectivity index (χ1v) is 12.7. The predicted molar refractivity (Wildman–Crippen MR) is 137 cm³/mol. The zero-order chi connectivity index (χ0) is 27.0. The van der Waals surface area contributed by atoms with E-state index in [2.05, 4.69) is 19.2 Å². The van der Waals surface area contributed by atoms with E-state index in [0.29, 0.717) is 12.8 Å². The van der Waals surface area contributed by atoms with Crippen LogP contribution < -0.4 is 16.8 Å². The monoisotopic (exact) mass is 497 g/mol. The maximum atomic E-state index is 13.2. The Labute approximate surface area is 210 Å². The summed E-state index contributed by atoms with van der Waals surface area (Å²) in [5.41, 5.74) is 10.9. The minimum atomic E-state index is -0.946. The Hall–Kier alpha value is -2.26. The minimum Gasteiger partial charge on any atom is -0.464 e. The molecule has 35 heavy (non-hydrogen) atoms. The molecular weight excluding hydrogens is 450 g/mol. The number of carbonyl (C=O) groups is 4. The lowest BCUT2D eigenvalue weighted by molar-refractivity contribution is -0.137. The van der Waals surface area contributed by atoms with E-state index in [9.17, 15) is 19.2 Å². The van der Waals surface area contributed by atoms with Gasteiger partial charge in [-0.15, -0.1) is 0 Å². The molecule has 202 valence electrons. The van der Waals surface area contributed by atoms with E-state index in [4.69, 9.17) is 20.9 Å².